The van der Waals surface area contributed by atoms with Gasteiger partial charge < -0.3 is 4.90 Å². The lowest BCUT2D eigenvalue weighted by Crippen LogP contribution is -2.29. The quantitative estimate of drug-likeness (QED) is 0.929. The zero-order valence-corrected chi connectivity index (χ0v) is 14.0. The van der Waals surface area contributed by atoms with Crippen molar-refractivity contribution in [1.82, 2.24) is 15.1 Å². The Bertz CT molecular complexity index is 673. The average Bonchev–Trinajstić information content (AvgIpc) is 3.16. The zero-order valence-electron chi connectivity index (χ0n) is 12.4. The number of halogens is 1. The van der Waals surface area contributed by atoms with Crippen LogP contribution < -0.4 is 0 Å². The smallest absolute Gasteiger partial charge is 0.257 e. The van der Waals surface area contributed by atoms with E-state index in [-0.39, 0.29) is 5.91 Å². The van der Waals surface area contributed by atoms with Crippen molar-refractivity contribution >= 4 is 29.3 Å². The number of carbonyl (C=O) groups is 1. The first-order chi connectivity index (χ1) is 10.7. The molecule has 0 unspecified atom stereocenters. The van der Waals surface area contributed by atoms with Crippen molar-refractivity contribution in [2.24, 2.45) is 5.92 Å². The van der Waals surface area contributed by atoms with Crippen molar-refractivity contribution in [2.45, 2.75) is 6.42 Å². The number of H-pyrrole nitrogens is 1. The Morgan fingerprint density at radius 2 is 2.32 bits per heavy atom. The highest BCUT2D eigenvalue weighted by Crippen LogP contribution is 2.30. The molecular formula is C16H18ClN3OS. The molecule has 1 saturated heterocycles. The number of amides is 1. The van der Waals surface area contributed by atoms with Crippen LogP contribution in [0.4, 0.5) is 0 Å². The molecule has 116 valence electrons. The molecule has 3 rings (SSSR count). The summed E-state index contributed by atoms with van der Waals surface area (Å²) < 4.78 is 0. The molecule has 4 nitrogen and oxygen atoms in total. The van der Waals surface area contributed by atoms with Gasteiger partial charge in [-0.2, -0.15) is 16.9 Å². The van der Waals surface area contributed by atoms with E-state index in [4.69, 9.17) is 11.6 Å². The number of hydrogen-bond acceptors (Lipinski definition) is 3. The van der Waals surface area contributed by atoms with Gasteiger partial charge in [-0.1, -0.05) is 29.8 Å². The molecule has 1 aromatic heterocycles. The maximum Gasteiger partial charge on any atom is 0.257 e. The molecule has 1 fully saturated rings. The van der Waals surface area contributed by atoms with Crippen molar-refractivity contribution in [3.8, 4) is 11.3 Å². The third-order valence-electron chi connectivity index (χ3n) is 3.99. The van der Waals surface area contributed by atoms with Gasteiger partial charge in [-0.15, -0.1) is 0 Å². The first-order valence-electron chi connectivity index (χ1n) is 7.27. The lowest BCUT2D eigenvalue weighted by atomic mass is 10.1. The molecule has 1 aliphatic rings. The highest BCUT2D eigenvalue weighted by Gasteiger charge is 2.29. The van der Waals surface area contributed by atoms with E-state index < -0.39 is 0 Å². The SMILES string of the molecule is CSC[C@@H]1CCN(C(=O)c2cn[nH]c2-c2ccccc2Cl)C1. The number of benzene rings is 1. The first-order valence-corrected chi connectivity index (χ1v) is 9.04. The number of rotatable bonds is 4. The molecule has 0 aliphatic carbocycles. The molecule has 2 heterocycles. The Morgan fingerprint density at radius 1 is 1.50 bits per heavy atom. The van der Waals surface area contributed by atoms with Gasteiger partial charge >= 0.3 is 0 Å². The van der Waals surface area contributed by atoms with Gasteiger partial charge in [0, 0.05) is 23.7 Å². The van der Waals surface area contributed by atoms with E-state index in [1.165, 1.54) is 0 Å². The molecule has 2 aromatic rings. The number of thioether (sulfide) groups is 1. The first kappa shape index (κ1) is 15.4. The minimum absolute atomic E-state index is 0.0345. The second kappa shape index (κ2) is 6.75. The van der Waals surface area contributed by atoms with E-state index in [0.29, 0.717) is 22.2 Å². The number of aromatic nitrogens is 2. The molecular weight excluding hydrogens is 318 g/mol. The fraction of sp³-hybridized carbons (Fsp3) is 0.375. The third kappa shape index (κ3) is 3.01. The lowest BCUT2D eigenvalue weighted by molar-refractivity contribution is 0.0789. The molecule has 1 aromatic carbocycles. The second-order valence-electron chi connectivity index (χ2n) is 5.50. The summed E-state index contributed by atoms with van der Waals surface area (Å²) in [6.07, 6.45) is 4.78. The largest absolute Gasteiger partial charge is 0.338 e. The summed E-state index contributed by atoms with van der Waals surface area (Å²) in [5.41, 5.74) is 2.10. The minimum atomic E-state index is 0.0345. The summed E-state index contributed by atoms with van der Waals surface area (Å²) >= 11 is 8.08. The molecule has 0 radical (unpaired) electrons. The van der Waals surface area contributed by atoms with Gasteiger partial charge in [-0.05, 0) is 30.4 Å². The number of likely N-dealkylation sites (tertiary alicyclic amines) is 1. The fourth-order valence-corrected chi connectivity index (χ4v) is 3.85. The number of nitrogens with zero attached hydrogens (tertiary/aromatic N) is 2. The summed E-state index contributed by atoms with van der Waals surface area (Å²) in [4.78, 5) is 14.7. The Kier molecular flexibility index (Phi) is 4.74. The average molecular weight is 336 g/mol. The van der Waals surface area contributed by atoms with Crippen LogP contribution in [0.15, 0.2) is 30.5 Å². The standard InChI is InChI=1S/C16H18ClN3OS/c1-22-10-11-6-7-20(9-11)16(21)13-8-18-19-15(13)12-4-2-3-5-14(12)17/h2-5,8,11H,6-7,9-10H2,1H3,(H,18,19)/t11-/m1/s1. The van der Waals surface area contributed by atoms with E-state index >= 15 is 0 Å². The van der Waals surface area contributed by atoms with Gasteiger partial charge in [-0.25, -0.2) is 0 Å². The Morgan fingerprint density at radius 3 is 3.09 bits per heavy atom. The Labute approximate surface area is 139 Å². The molecule has 22 heavy (non-hydrogen) atoms. The van der Waals surface area contributed by atoms with Crippen LogP contribution in [-0.2, 0) is 0 Å². The molecule has 6 heteroatoms. The minimum Gasteiger partial charge on any atom is -0.338 e. The maximum absolute atomic E-state index is 12.8. The Hall–Kier alpha value is -1.46. The number of hydrogen-bond donors (Lipinski definition) is 1. The monoisotopic (exact) mass is 335 g/mol. The van der Waals surface area contributed by atoms with Crippen molar-refractivity contribution < 1.29 is 4.79 Å². The van der Waals surface area contributed by atoms with Crippen LogP contribution >= 0.6 is 23.4 Å². The van der Waals surface area contributed by atoms with Gasteiger partial charge in [0.25, 0.3) is 5.91 Å². The van der Waals surface area contributed by atoms with Crippen LogP contribution in [0.3, 0.4) is 0 Å². The van der Waals surface area contributed by atoms with Crippen molar-refractivity contribution in [3.63, 3.8) is 0 Å². The van der Waals surface area contributed by atoms with Crippen molar-refractivity contribution in [3.05, 3.63) is 41.0 Å². The summed E-state index contributed by atoms with van der Waals surface area (Å²) in [7, 11) is 0. The van der Waals surface area contributed by atoms with Crippen molar-refractivity contribution in [1.29, 1.82) is 0 Å². The predicted molar refractivity (Wildman–Crippen MR) is 91.4 cm³/mol. The molecule has 0 spiro atoms. The number of aromatic amines is 1. The van der Waals surface area contributed by atoms with E-state index in [9.17, 15) is 4.79 Å². The van der Waals surface area contributed by atoms with Gasteiger partial charge in [-0.3, -0.25) is 9.89 Å². The number of nitrogens with one attached hydrogen (secondary N) is 1. The summed E-state index contributed by atoms with van der Waals surface area (Å²) in [6, 6.07) is 7.49. The van der Waals surface area contributed by atoms with E-state index in [1.54, 1.807) is 6.20 Å². The molecule has 0 saturated carbocycles. The van der Waals surface area contributed by atoms with Crippen LogP contribution in [0, 0.1) is 5.92 Å². The van der Waals surface area contributed by atoms with Gasteiger partial charge in [0.1, 0.15) is 0 Å². The van der Waals surface area contributed by atoms with Crippen LogP contribution in [0.1, 0.15) is 16.8 Å². The van der Waals surface area contributed by atoms with E-state index in [0.717, 1.165) is 30.8 Å². The van der Waals surface area contributed by atoms with Gasteiger partial charge in [0.05, 0.1) is 17.5 Å². The number of carbonyl (C=O) groups excluding carboxylic acids is 1. The molecule has 1 atom stereocenters. The van der Waals surface area contributed by atoms with Crippen LogP contribution in [0.5, 0.6) is 0 Å². The lowest BCUT2D eigenvalue weighted by Gasteiger charge is -2.16. The molecule has 0 bridgehead atoms. The topological polar surface area (TPSA) is 49.0 Å². The normalized spacial score (nSPS) is 17.9. The van der Waals surface area contributed by atoms with E-state index in [2.05, 4.69) is 16.5 Å². The van der Waals surface area contributed by atoms with Crippen molar-refractivity contribution in [2.75, 3.05) is 25.1 Å². The highest BCUT2D eigenvalue weighted by molar-refractivity contribution is 7.98. The molecule has 1 amide bonds. The zero-order chi connectivity index (χ0) is 15.5. The van der Waals surface area contributed by atoms with Crippen LogP contribution in [-0.4, -0.2) is 46.1 Å². The van der Waals surface area contributed by atoms with E-state index in [1.807, 2.05) is 40.9 Å². The third-order valence-corrected chi connectivity index (χ3v) is 5.12. The molecule has 1 aliphatic heterocycles. The summed E-state index contributed by atoms with van der Waals surface area (Å²) in [6.45, 7) is 1.64. The highest BCUT2D eigenvalue weighted by atomic mass is 35.5. The van der Waals surface area contributed by atoms with Gasteiger partial charge in [0.2, 0.25) is 0 Å². The summed E-state index contributed by atoms with van der Waals surface area (Å²) in [5, 5.41) is 7.58. The maximum atomic E-state index is 12.8. The fourth-order valence-electron chi connectivity index (χ4n) is 2.88. The second-order valence-corrected chi connectivity index (χ2v) is 6.82. The Balaban J connectivity index is 1.84. The summed E-state index contributed by atoms with van der Waals surface area (Å²) in [5.74, 6) is 1.73. The van der Waals surface area contributed by atoms with Crippen LogP contribution in [0.2, 0.25) is 5.02 Å². The molecule has 1 N–H and O–H groups in total. The van der Waals surface area contributed by atoms with Crippen LogP contribution in [0.25, 0.3) is 11.3 Å². The predicted octanol–water partition coefficient (Wildman–Crippen LogP) is 3.56. The van der Waals surface area contributed by atoms with Gasteiger partial charge in [0.15, 0.2) is 0 Å².